The minimum Gasteiger partial charge on any atom is -0.480 e. The van der Waals surface area contributed by atoms with Crippen molar-refractivity contribution in [1.82, 2.24) is 15.5 Å². The number of carbonyl (C=O) groups is 2. The first-order chi connectivity index (χ1) is 9.08. The van der Waals surface area contributed by atoms with E-state index in [2.05, 4.69) is 22.5 Å². The normalized spacial score (nSPS) is 21.1. The van der Waals surface area contributed by atoms with Crippen LogP contribution in [-0.4, -0.2) is 65.4 Å². The fraction of sp³-hybridized carbons (Fsp3) is 0.833. The molecule has 1 saturated heterocycles. The van der Waals surface area contributed by atoms with Gasteiger partial charge in [-0.2, -0.15) is 0 Å². The Morgan fingerprint density at radius 1 is 1.47 bits per heavy atom. The van der Waals surface area contributed by atoms with E-state index in [1.54, 1.807) is 0 Å². The van der Waals surface area contributed by atoms with E-state index in [4.69, 9.17) is 10.2 Å². The summed E-state index contributed by atoms with van der Waals surface area (Å²) in [7, 11) is 0. The van der Waals surface area contributed by atoms with Gasteiger partial charge >= 0.3 is 12.0 Å². The summed E-state index contributed by atoms with van der Waals surface area (Å²) in [5.41, 5.74) is 0. The summed E-state index contributed by atoms with van der Waals surface area (Å²) in [5.74, 6) is -1.14. The summed E-state index contributed by atoms with van der Waals surface area (Å²) in [6, 6.07) is -1.21. The number of urea groups is 1. The van der Waals surface area contributed by atoms with Gasteiger partial charge in [-0.25, -0.2) is 9.59 Å². The molecule has 1 heterocycles. The predicted molar refractivity (Wildman–Crippen MR) is 69.9 cm³/mol. The molecule has 0 saturated carbocycles. The van der Waals surface area contributed by atoms with Crippen molar-refractivity contribution in [2.75, 3.05) is 26.2 Å². The molecule has 2 amide bonds. The molecule has 1 rings (SSSR count). The van der Waals surface area contributed by atoms with Gasteiger partial charge in [0.2, 0.25) is 0 Å². The minimum atomic E-state index is -1.14. The molecule has 1 unspecified atom stereocenters. The molecule has 7 heteroatoms. The van der Waals surface area contributed by atoms with Gasteiger partial charge in [0.25, 0.3) is 0 Å². The van der Waals surface area contributed by atoms with Gasteiger partial charge in [0, 0.05) is 25.6 Å². The van der Waals surface area contributed by atoms with Gasteiger partial charge in [0.05, 0.1) is 0 Å². The molecule has 1 fully saturated rings. The number of hydrogen-bond acceptors (Lipinski definition) is 4. The Hall–Kier alpha value is -1.34. The molecule has 0 aliphatic carbocycles. The number of likely N-dealkylation sites (N-methyl/N-ethyl adjacent to an activating group) is 1. The molecule has 1 aliphatic rings. The second kappa shape index (κ2) is 7.96. The maximum atomic E-state index is 11.6. The molecular weight excluding hydrogens is 250 g/mol. The Kier molecular flexibility index (Phi) is 6.58. The van der Waals surface area contributed by atoms with Gasteiger partial charge < -0.3 is 20.8 Å². The zero-order valence-electron chi connectivity index (χ0n) is 11.3. The van der Waals surface area contributed by atoms with Crippen molar-refractivity contribution in [1.29, 1.82) is 0 Å². The quantitative estimate of drug-likeness (QED) is 0.506. The number of nitrogens with one attached hydrogen (secondary N) is 2. The Bertz CT molecular complexity index is 311. The molecule has 0 radical (unpaired) electrons. The van der Waals surface area contributed by atoms with E-state index in [9.17, 15) is 9.59 Å². The summed E-state index contributed by atoms with van der Waals surface area (Å²) in [5, 5.41) is 22.6. The molecule has 110 valence electrons. The minimum absolute atomic E-state index is 0.00721. The van der Waals surface area contributed by atoms with Crippen LogP contribution in [0.5, 0.6) is 0 Å². The van der Waals surface area contributed by atoms with E-state index in [1.165, 1.54) is 0 Å². The maximum Gasteiger partial charge on any atom is 0.326 e. The highest BCUT2D eigenvalue weighted by Gasteiger charge is 2.24. The van der Waals surface area contributed by atoms with Crippen LogP contribution in [0.1, 0.15) is 26.2 Å². The van der Waals surface area contributed by atoms with Crippen LogP contribution in [0.2, 0.25) is 0 Å². The van der Waals surface area contributed by atoms with Gasteiger partial charge in [-0.05, 0) is 25.9 Å². The van der Waals surface area contributed by atoms with E-state index in [0.717, 1.165) is 25.9 Å². The lowest BCUT2D eigenvalue weighted by atomic mass is 10.2. The molecule has 4 N–H and O–H groups in total. The molecular formula is C12H23N3O4. The monoisotopic (exact) mass is 273 g/mol. The van der Waals surface area contributed by atoms with Crippen LogP contribution in [0.4, 0.5) is 4.79 Å². The Balaban J connectivity index is 2.32. The van der Waals surface area contributed by atoms with E-state index in [0.29, 0.717) is 12.6 Å². The van der Waals surface area contributed by atoms with Crippen LogP contribution in [0.15, 0.2) is 0 Å². The van der Waals surface area contributed by atoms with Crippen molar-refractivity contribution in [2.24, 2.45) is 0 Å². The van der Waals surface area contributed by atoms with Gasteiger partial charge in [0.1, 0.15) is 6.04 Å². The van der Waals surface area contributed by atoms with Crippen LogP contribution < -0.4 is 10.6 Å². The third kappa shape index (κ3) is 5.04. The fourth-order valence-corrected chi connectivity index (χ4v) is 2.35. The maximum absolute atomic E-state index is 11.6. The number of aliphatic hydroxyl groups is 1. The summed E-state index contributed by atoms with van der Waals surface area (Å²) >= 11 is 0. The fourth-order valence-electron chi connectivity index (χ4n) is 2.35. The summed E-state index contributed by atoms with van der Waals surface area (Å²) in [6.45, 7) is 4.33. The van der Waals surface area contributed by atoms with Gasteiger partial charge in [0.15, 0.2) is 0 Å². The van der Waals surface area contributed by atoms with Gasteiger partial charge in [-0.1, -0.05) is 6.92 Å². The van der Waals surface area contributed by atoms with E-state index in [-0.39, 0.29) is 13.0 Å². The number of rotatable bonds is 7. The molecule has 2 atom stereocenters. The first-order valence-corrected chi connectivity index (χ1v) is 6.70. The van der Waals surface area contributed by atoms with E-state index >= 15 is 0 Å². The number of carboxylic acids is 1. The average molecular weight is 273 g/mol. The highest BCUT2D eigenvalue weighted by Crippen LogP contribution is 2.15. The number of carbonyl (C=O) groups excluding carboxylic acids is 1. The molecule has 0 aromatic carbocycles. The average Bonchev–Trinajstić information content (AvgIpc) is 2.83. The summed E-state index contributed by atoms with van der Waals surface area (Å²) in [6.07, 6.45) is 2.18. The lowest BCUT2D eigenvalue weighted by Gasteiger charge is -2.23. The largest absolute Gasteiger partial charge is 0.480 e. The van der Waals surface area contributed by atoms with Crippen LogP contribution in [0.25, 0.3) is 0 Å². The van der Waals surface area contributed by atoms with Crippen LogP contribution in [0.3, 0.4) is 0 Å². The number of aliphatic carboxylic acids is 1. The highest BCUT2D eigenvalue weighted by atomic mass is 16.4. The van der Waals surface area contributed by atoms with Crippen LogP contribution >= 0.6 is 0 Å². The standard InChI is InChI=1S/C12H23N3O4/c1-2-15-6-3-4-9(15)8-13-12(19)14-10(5-7-16)11(17)18/h9-10,16H,2-8H2,1H3,(H,17,18)(H2,13,14,19)/t9?,10-/m1/s1. The number of likely N-dealkylation sites (tertiary alicyclic amines) is 1. The molecule has 0 aromatic heterocycles. The summed E-state index contributed by atoms with van der Waals surface area (Å²) < 4.78 is 0. The SMILES string of the molecule is CCN1CCCC1CNC(=O)N[C@H](CCO)C(=O)O. The van der Waals surface area contributed by atoms with Crippen molar-refractivity contribution < 1.29 is 19.8 Å². The van der Waals surface area contributed by atoms with E-state index < -0.39 is 18.0 Å². The van der Waals surface area contributed by atoms with Crippen molar-refractivity contribution in [3.8, 4) is 0 Å². The lowest BCUT2D eigenvalue weighted by Crippen LogP contribution is -2.49. The second-order valence-electron chi connectivity index (χ2n) is 4.68. The van der Waals surface area contributed by atoms with Crippen LogP contribution in [0, 0.1) is 0 Å². The molecule has 19 heavy (non-hydrogen) atoms. The Labute approximate surface area is 113 Å². The number of carboxylic acid groups (broad SMARTS) is 1. The zero-order valence-corrected chi connectivity index (χ0v) is 11.3. The lowest BCUT2D eigenvalue weighted by molar-refractivity contribution is -0.139. The Morgan fingerprint density at radius 2 is 2.21 bits per heavy atom. The topological polar surface area (TPSA) is 102 Å². The van der Waals surface area contributed by atoms with Crippen molar-refractivity contribution in [3.05, 3.63) is 0 Å². The first-order valence-electron chi connectivity index (χ1n) is 6.70. The summed E-state index contributed by atoms with van der Waals surface area (Å²) in [4.78, 5) is 24.7. The molecule has 0 bridgehead atoms. The van der Waals surface area contributed by atoms with Gasteiger partial charge in [-0.15, -0.1) is 0 Å². The third-order valence-electron chi connectivity index (χ3n) is 3.42. The number of aliphatic hydroxyl groups excluding tert-OH is 1. The number of amides is 2. The van der Waals surface area contributed by atoms with Gasteiger partial charge in [-0.3, -0.25) is 4.90 Å². The Morgan fingerprint density at radius 3 is 2.79 bits per heavy atom. The smallest absolute Gasteiger partial charge is 0.326 e. The van der Waals surface area contributed by atoms with Crippen molar-refractivity contribution in [3.63, 3.8) is 0 Å². The molecule has 0 spiro atoms. The third-order valence-corrected chi connectivity index (χ3v) is 3.42. The van der Waals surface area contributed by atoms with Crippen molar-refractivity contribution in [2.45, 2.75) is 38.3 Å². The highest BCUT2D eigenvalue weighted by molar-refractivity contribution is 5.82. The zero-order chi connectivity index (χ0) is 14.3. The van der Waals surface area contributed by atoms with E-state index in [1.807, 2.05) is 0 Å². The second-order valence-corrected chi connectivity index (χ2v) is 4.68. The number of hydrogen-bond donors (Lipinski definition) is 4. The molecule has 0 aromatic rings. The van der Waals surface area contributed by atoms with Crippen LogP contribution in [-0.2, 0) is 4.79 Å². The molecule has 7 nitrogen and oxygen atoms in total. The predicted octanol–water partition coefficient (Wildman–Crippen LogP) is -0.394. The first kappa shape index (κ1) is 15.7. The number of nitrogens with zero attached hydrogens (tertiary/aromatic N) is 1. The van der Waals surface area contributed by atoms with Crippen molar-refractivity contribution >= 4 is 12.0 Å². The molecule has 1 aliphatic heterocycles.